The Balaban J connectivity index is 2.03. The summed E-state index contributed by atoms with van der Waals surface area (Å²) in [5, 5.41) is 2.59. The van der Waals surface area contributed by atoms with Crippen LogP contribution >= 0.6 is 0 Å². The van der Waals surface area contributed by atoms with E-state index in [0.717, 1.165) is 31.0 Å². The van der Waals surface area contributed by atoms with E-state index in [1.807, 2.05) is 0 Å². The van der Waals surface area contributed by atoms with Gasteiger partial charge in [0, 0.05) is 31.8 Å². The Morgan fingerprint density at radius 1 is 1.41 bits per heavy atom. The van der Waals surface area contributed by atoms with E-state index in [4.69, 9.17) is 15.2 Å². The predicted octanol–water partition coefficient (Wildman–Crippen LogP) is 2.13. The molecular weight excluding hydrogens is 292 g/mol. The molecule has 2 rings (SSSR count). The Morgan fingerprint density at radius 2 is 2.14 bits per heavy atom. The van der Waals surface area contributed by atoms with E-state index in [-0.39, 0.29) is 17.1 Å². The molecule has 122 valence electrons. The summed E-state index contributed by atoms with van der Waals surface area (Å²) >= 11 is 0. The van der Waals surface area contributed by atoms with Crippen LogP contribution in [-0.2, 0) is 9.47 Å². The highest BCUT2D eigenvalue weighted by Gasteiger charge is 2.32. The number of nitrogens with one attached hydrogen (secondary N) is 1. The molecule has 0 aromatic heterocycles. The van der Waals surface area contributed by atoms with Crippen LogP contribution in [0.25, 0.3) is 0 Å². The number of rotatable bonds is 5. The minimum Gasteiger partial charge on any atom is -0.384 e. The third-order valence-electron chi connectivity index (χ3n) is 3.78. The van der Waals surface area contributed by atoms with Gasteiger partial charge < -0.3 is 20.5 Å². The number of hydrogen-bond acceptors (Lipinski definition) is 3. The SMILES string of the molecule is COCC1(CN=C(N)Nc2cc(F)ccc2F)CCOCC1. The van der Waals surface area contributed by atoms with Crippen LogP contribution in [0.4, 0.5) is 14.5 Å². The second kappa shape index (κ2) is 7.51. The van der Waals surface area contributed by atoms with E-state index in [1.165, 1.54) is 0 Å². The first-order valence-corrected chi connectivity index (χ1v) is 7.13. The zero-order valence-electron chi connectivity index (χ0n) is 12.6. The maximum Gasteiger partial charge on any atom is 0.193 e. The van der Waals surface area contributed by atoms with Gasteiger partial charge in [-0.05, 0) is 25.0 Å². The Labute approximate surface area is 128 Å². The maximum atomic E-state index is 13.5. The van der Waals surface area contributed by atoms with Gasteiger partial charge in [-0.1, -0.05) is 0 Å². The lowest BCUT2D eigenvalue weighted by Crippen LogP contribution is -2.37. The van der Waals surface area contributed by atoms with Crippen molar-refractivity contribution in [3.05, 3.63) is 29.8 Å². The third kappa shape index (κ3) is 4.38. The molecule has 22 heavy (non-hydrogen) atoms. The van der Waals surface area contributed by atoms with E-state index in [0.29, 0.717) is 26.4 Å². The van der Waals surface area contributed by atoms with Crippen LogP contribution in [0.1, 0.15) is 12.8 Å². The molecule has 0 aliphatic carbocycles. The smallest absolute Gasteiger partial charge is 0.193 e. The van der Waals surface area contributed by atoms with Crippen molar-refractivity contribution >= 4 is 11.6 Å². The normalized spacial score (nSPS) is 18.2. The van der Waals surface area contributed by atoms with Crippen LogP contribution in [0, 0.1) is 17.0 Å². The molecule has 7 heteroatoms. The molecule has 1 aromatic rings. The Bertz CT molecular complexity index is 526. The van der Waals surface area contributed by atoms with Crippen molar-refractivity contribution in [3.63, 3.8) is 0 Å². The summed E-state index contributed by atoms with van der Waals surface area (Å²) in [5.41, 5.74) is 5.62. The van der Waals surface area contributed by atoms with Crippen LogP contribution in [0.3, 0.4) is 0 Å². The number of ether oxygens (including phenoxy) is 2. The molecule has 1 aromatic carbocycles. The van der Waals surface area contributed by atoms with Gasteiger partial charge >= 0.3 is 0 Å². The summed E-state index contributed by atoms with van der Waals surface area (Å²) < 4.78 is 37.3. The first-order valence-electron chi connectivity index (χ1n) is 7.13. The minimum absolute atomic E-state index is 0.0333. The van der Waals surface area contributed by atoms with E-state index >= 15 is 0 Å². The van der Waals surface area contributed by atoms with Gasteiger partial charge in [-0.3, -0.25) is 4.99 Å². The Kier molecular flexibility index (Phi) is 5.68. The first-order chi connectivity index (χ1) is 10.5. The second-order valence-corrected chi connectivity index (χ2v) is 5.50. The lowest BCUT2D eigenvalue weighted by Gasteiger charge is -2.35. The molecule has 0 unspecified atom stereocenters. The van der Waals surface area contributed by atoms with Gasteiger partial charge in [0.15, 0.2) is 5.96 Å². The number of guanidine groups is 1. The highest BCUT2D eigenvalue weighted by Crippen LogP contribution is 2.31. The zero-order chi connectivity index (χ0) is 16.0. The maximum absolute atomic E-state index is 13.5. The zero-order valence-corrected chi connectivity index (χ0v) is 12.6. The number of anilines is 1. The van der Waals surface area contributed by atoms with Crippen LogP contribution in [0.5, 0.6) is 0 Å². The van der Waals surface area contributed by atoms with Crippen molar-refractivity contribution < 1.29 is 18.3 Å². The van der Waals surface area contributed by atoms with Gasteiger partial charge in [-0.2, -0.15) is 0 Å². The van der Waals surface area contributed by atoms with Crippen LogP contribution in [0.15, 0.2) is 23.2 Å². The minimum atomic E-state index is -0.586. The predicted molar refractivity (Wildman–Crippen MR) is 80.8 cm³/mol. The number of aliphatic imine (C=N–C) groups is 1. The van der Waals surface area contributed by atoms with E-state index < -0.39 is 11.6 Å². The Morgan fingerprint density at radius 3 is 2.82 bits per heavy atom. The molecule has 0 spiro atoms. The van der Waals surface area contributed by atoms with Crippen molar-refractivity contribution in [2.75, 3.05) is 38.8 Å². The van der Waals surface area contributed by atoms with Crippen LogP contribution < -0.4 is 11.1 Å². The summed E-state index contributed by atoms with van der Waals surface area (Å²) in [7, 11) is 1.64. The molecule has 1 heterocycles. The van der Waals surface area contributed by atoms with Crippen molar-refractivity contribution in [1.82, 2.24) is 0 Å². The lowest BCUT2D eigenvalue weighted by molar-refractivity contribution is -0.0222. The number of hydrogen-bond donors (Lipinski definition) is 2. The summed E-state index contributed by atoms with van der Waals surface area (Å²) in [5.74, 6) is -1.08. The molecule has 0 bridgehead atoms. The van der Waals surface area contributed by atoms with E-state index in [1.54, 1.807) is 7.11 Å². The van der Waals surface area contributed by atoms with Crippen molar-refractivity contribution in [2.24, 2.45) is 16.1 Å². The third-order valence-corrected chi connectivity index (χ3v) is 3.78. The molecule has 0 atom stereocenters. The fraction of sp³-hybridized carbons (Fsp3) is 0.533. The molecule has 5 nitrogen and oxygen atoms in total. The number of benzene rings is 1. The van der Waals surface area contributed by atoms with Gasteiger partial charge in [0.1, 0.15) is 11.6 Å². The average molecular weight is 313 g/mol. The number of nitrogens with zero attached hydrogens (tertiary/aromatic N) is 1. The molecule has 0 amide bonds. The monoisotopic (exact) mass is 313 g/mol. The highest BCUT2D eigenvalue weighted by atomic mass is 19.1. The van der Waals surface area contributed by atoms with Gasteiger partial charge in [0.05, 0.1) is 18.8 Å². The topological polar surface area (TPSA) is 68.9 Å². The van der Waals surface area contributed by atoms with Gasteiger partial charge in [-0.15, -0.1) is 0 Å². The molecular formula is C15H21F2N3O2. The van der Waals surface area contributed by atoms with E-state index in [9.17, 15) is 8.78 Å². The van der Waals surface area contributed by atoms with Crippen molar-refractivity contribution in [1.29, 1.82) is 0 Å². The molecule has 1 aliphatic heterocycles. The molecule has 1 aliphatic rings. The molecule has 1 saturated heterocycles. The summed E-state index contributed by atoms with van der Waals surface area (Å²) in [6.07, 6.45) is 1.65. The quantitative estimate of drug-likeness (QED) is 0.645. The molecule has 3 N–H and O–H groups in total. The molecule has 1 fully saturated rings. The van der Waals surface area contributed by atoms with Gasteiger partial charge in [-0.25, -0.2) is 8.78 Å². The summed E-state index contributed by atoms with van der Waals surface area (Å²) in [6, 6.07) is 3.12. The summed E-state index contributed by atoms with van der Waals surface area (Å²) in [4.78, 5) is 4.26. The molecule has 0 saturated carbocycles. The highest BCUT2D eigenvalue weighted by molar-refractivity contribution is 5.92. The fourth-order valence-electron chi connectivity index (χ4n) is 2.48. The van der Waals surface area contributed by atoms with E-state index in [2.05, 4.69) is 10.3 Å². The van der Waals surface area contributed by atoms with Gasteiger partial charge in [0.25, 0.3) is 0 Å². The Hall–Kier alpha value is -1.73. The number of methoxy groups -OCH3 is 1. The average Bonchev–Trinajstić information content (AvgIpc) is 2.50. The summed E-state index contributed by atoms with van der Waals surface area (Å²) in [6.45, 7) is 2.32. The van der Waals surface area contributed by atoms with Crippen LogP contribution in [0.2, 0.25) is 0 Å². The van der Waals surface area contributed by atoms with Gasteiger partial charge in [0.2, 0.25) is 0 Å². The number of halogens is 2. The second-order valence-electron chi connectivity index (χ2n) is 5.50. The fourth-order valence-corrected chi connectivity index (χ4v) is 2.48. The van der Waals surface area contributed by atoms with Crippen LogP contribution in [-0.4, -0.2) is 39.4 Å². The first kappa shape index (κ1) is 16.6. The van der Waals surface area contributed by atoms with Crippen molar-refractivity contribution in [2.45, 2.75) is 12.8 Å². The van der Waals surface area contributed by atoms with Crippen molar-refractivity contribution in [3.8, 4) is 0 Å². The molecule has 0 radical (unpaired) electrons. The lowest BCUT2D eigenvalue weighted by atomic mass is 9.81. The number of nitrogens with two attached hydrogens (primary N) is 1. The largest absolute Gasteiger partial charge is 0.384 e. The standard InChI is InChI=1S/C15H21F2N3O2/c1-21-10-15(4-6-22-7-5-15)9-19-14(18)20-13-8-11(16)2-3-12(13)17/h2-3,8H,4-7,9-10H2,1H3,(H3,18,19,20).